The molecule has 5 nitrogen and oxygen atoms in total. The summed E-state index contributed by atoms with van der Waals surface area (Å²) in [5, 5.41) is 7.87. The number of benzene rings is 1. The maximum absolute atomic E-state index is 12.9. The van der Waals surface area contributed by atoms with E-state index in [9.17, 15) is 18.0 Å². The molecule has 1 unspecified atom stereocenters. The number of amides is 1. The number of hydrogen-bond donors (Lipinski definition) is 1. The van der Waals surface area contributed by atoms with Crippen molar-refractivity contribution in [2.75, 3.05) is 13.1 Å². The molecule has 0 saturated carbocycles. The topological polar surface area (TPSA) is 50.2 Å². The predicted octanol–water partition coefficient (Wildman–Crippen LogP) is 3.32. The van der Waals surface area contributed by atoms with E-state index in [1.807, 2.05) is 16.6 Å². The molecular formula is C21H25F3N4O. The van der Waals surface area contributed by atoms with Crippen LogP contribution in [0.1, 0.15) is 52.1 Å². The summed E-state index contributed by atoms with van der Waals surface area (Å²) in [5.41, 5.74) is 2.58. The standard InChI is InChI=1S/C21H25F3N4O/c1-27-18-8-7-16(25-13-14-5-4-6-15(11-14)21(22,23)24)12-17(18)19(26-27)20(29)28-9-2-3-10-28/h4-6,11,16,25H,2-3,7-10,12-13H2,1H3. The quantitative estimate of drug-likeness (QED) is 0.848. The van der Waals surface area contributed by atoms with Crippen molar-refractivity contribution < 1.29 is 18.0 Å². The van der Waals surface area contributed by atoms with E-state index in [0.29, 0.717) is 24.2 Å². The van der Waals surface area contributed by atoms with E-state index < -0.39 is 11.7 Å². The molecule has 1 amide bonds. The molecule has 4 rings (SSSR count). The first-order valence-electron chi connectivity index (χ1n) is 10.1. The smallest absolute Gasteiger partial charge is 0.337 e. The highest BCUT2D eigenvalue weighted by Crippen LogP contribution is 2.30. The molecule has 1 saturated heterocycles. The minimum Gasteiger partial charge on any atom is -0.337 e. The lowest BCUT2D eigenvalue weighted by atomic mass is 9.91. The molecule has 0 spiro atoms. The van der Waals surface area contributed by atoms with Gasteiger partial charge in [-0.15, -0.1) is 0 Å². The molecular weight excluding hydrogens is 381 g/mol. The van der Waals surface area contributed by atoms with E-state index in [-0.39, 0.29) is 11.9 Å². The minimum atomic E-state index is -4.34. The van der Waals surface area contributed by atoms with E-state index in [4.69, 9.17) is 0 Å². The molecule has 1 aliphatic carbocycles. The molecule has 1 fully saturated rings. The number of likely N-dealkylation sites (tertiary alicyclic amines) is 1. The Hall–Kier alpha value is -2.35. The summed E-state index contributed by atoms with van der Waals surface area (Å²) in [7, 11) is 1.87. The van der Waals surface area contributed by atoms with E-state index in [0.717, 1.165) is 56.1 Å². The molecule has 156 valence electrons. The van der Waals surface area contributed by atoms with Crippen LogP contribution in [0.2, 0.25) is 0 Å². The number of carbonyl (C=O) groups is 1. The number of nitrogens with one attached hydrogen (secondary N) is 1. The van der Waals surface area contributed by atoms with Crippen molar-refractivity contribution >= 4 is 5.91 Å². The highest BCUT2D eigenvalue weighted by molar-refractivity contribution is 5.94. The van der Waals surface area contributed by atoms with Gasteiger partial charge < -0.3 is 10.2 Å². The van der Waals surface area contributed by atoms with Gasteiger partial charge in [0.05, 0.1) is 5.56 Å². The Kier molecular flexibility index (Phi) is 5.38. The molecule has 0 radical (unpaired) electrons. The third-order valence-corrected chi connectivity index (χ3v) is 5.90. The Morgan fingerprint density at radius 1 is 1.28 bits per heavy atom. The molecule has 1 N–H and O–H groups in total. The molecule has 8 heteroatoms. The van der Waals surface area contributed by atoms with Crippen LogP contribution in [0.25, 0.3) is 0 Å². The van der Waals surface area contributed by atoms with Crippen molar-refractivity contribution in [1.29, 1.82) is 0 Å². The van der Waals surface area contributed by atoms with E-state index in [2.05, 4.69) is 10.4 Å². The fourth-order valence-electron chi connectivity index (χ4n) is 4.33. The lowest BCUT2D eigenvalue weighted by Gasteiger charge is -2.25. The predicted molar refractivity (Wildman–Crippen MR) is 102 cm³/mol. The third kappa shape index (κ3) is 4.17. The first kappa shape index (κ1) is 19.9. The fraction of sp³-hybridized carbons (Fsp3) is 0.524. The Balaban J connectivity index is 1.45. The lowest BCUT2D eigenvalue weighted by Crippen LogP contribution is -2.35. The summed E-state index contributed by atoms with van der Waals surface area (Å²) in [6, 6.07) is 5.51. The summed E-state index contributed by atoms with van der Waals surface area (Å²) >= 11 is 0. The number of hydrogen-bond acceptors (Lipinski definition) is 3. The highest BCUT2D eigenvalue weighted by atomic mass is 19.4. The molecule has 2 aliphatic rings. The van der Waals surface area contributed by atoms with E-state index >= 15 is 0 Å². The monoisotopic (exact) mass is 406 g/mol. The van der Waals surface area contributed by atoms with Gasteiger partial charge in [-0.1, -0.05) is 18.2 Å². The third-order valence-electron chi connectivity index (χ3n) is 5.90. The van der Waals surface area contributed by atoms with Gasteiger partial charge >= 0.3 is 6.18 Å². The van der Waals surface area contributed by atoms with Gasteiger partial charge in [0.1, 0.15) is 0 Å². The Bertz CT molecular complexity index is 900. The average Bonchev–Trinajstić information content (AvgIpc) is 3.34. The molecule has 1 aliphatic heterocycles. The number of halogens is 3. The van der Waals surface area contributed by atoms with Gasteiger partial charge in [-0.3, -0.25) is 9.48 Å². The number of alkyl halides is 3. The van der Waals surface area contributed by atoms with Crippen LogP contribution in [-0.2, 0) is 32.6 Å². The van der Waals surface area contributed by atoms with Crippen molar-refractivity contribution in [2.45, 2.75) is 50.9 Å². The van der Waals surface area contributed by atoms with Gasteiger partial charge in [0.2, 0.25) is 0 Å². The van der Waals surface area contributed by atoms with Crippen LogP contribution in [0.5, 0.6) is 0 Å². The second-order valence-corrected chi connectivity index (χ2v) is 7.92. The highest BCUT2D eigenvalue weighted by Gasteiger charge is 2.32. The van der Waals surface area contributed by atoms with Crippen LogP contribution in [-0.4, -0.2) is 39.7 Å². The number of nitrogens with zero attached hydrogens (tertiary/aromatic N) is 3. The summed E-state index contributed by atoms with van der Waals surface area (Å²) in [4.78, 5) is 14.7. The normalized spacial score (nSPS) is 19.4. The molecule has 1 aromatic heterocycles. The number of fused-ring (bicyclic) bond motifs is 1. The number of carbonyl (C=O) groups excluding carboxylic acids is 1. The number of aromatic nitrogens is 2. The van der Waals surface area contributed by atoms with Crippen LogP contribution in [0.4, 0.5) is 13.2 Å². The maximum Gasteiger partial charge on any atom is 0.416 e. The number of rotatable bonds is 4. The Morgan fingerprint density at radius 3 is 2.76 bits per heavy atom. The zero-order valence-electron chi connectivity index (χ0n) is 16.4. The second kappa shape index (κ2) is 7.82. The minimum absolute atomic E-state index is 0.00196. The van der Waals surface area contributed by atoms with Gasteiger partial charge in [-0.25, -0.2) is 0 Å². The van der Waals surface area contributed by atoms with Crippen LogP contribution < -0.4 is 5.32 Å². The summed E-state index contributed by atoms with van der Waals surface area (Å²) < 4.78 is 40.5. The molecule has 0 bridgehead atoms. The van der Waals surface area contributed by atoms with Gasteiger partial charge in [0.25, 0.3) is 5.91 Å². The van der Waals surface area contributed by atoms with Crippen LogP contribution in [0.3, 0.4) is 0 Å². The van der Waals surface area contributed by atoms with Gasteiger partial charge in [-0.2, -0.15) is 18.3 Å². The average molecular weight is 406 g/mol. The van der Waals surface area contributed by atoms with Crippen molar-refractivity contribution in [3.05, 3.63) is 52.3 Å². The summed E-state index contributed by atoms with van der Waals surface area (Å²) in [6.07, 6.45) is 0.0480. The molecule has 2 heterocycles. The Labute approximate surface area is 167 Å². The first-order chi connectivity index (χ1) is 13.8. The van der Waals surface area contributed by atoms with Crippen LogP contribution >= 0.6 is 0 Å². The lowest BCUT2D eigenvalue weighted by molar-refractivity contribution is -0.137. The largest absolute Gasteiger partial charge is 0.416 e. The van der Waals surface area contributed by atoms with Crippen LogP contribution in [0, 0.1) is 0 Å². The fourth-order valence-corrected chi connectivity index (χ4v) is 4.33. The van der Waals surface area contributed by atoms with Crippen molar-refractivity contribution in [2.24, 2.45) is 7.05 Å². The van der Waals surface area contributed by atoms with Gasteiger partial charge in [-0.05, 0) is 43.7 Å². The van der Waals surface area contributed by atoms with Crippen molar-refractivity contribution in [3.63, 3.8) is 0 Å². The van der Waals surface area contributed by atoms with Crippen molar-refractivity contribution in [1.82, 2.24) is 20.0 Å². The van der Waals surface area contributed by atoms with Crippen molar-refractivity contribution in [3.8, 4) is 0 Å². The first-order valence-corrected chi connectivity index (χ1v) is 10.1. The zero-order chi connectivity index (χ0) is 20.6. The molecule has 1 atom stereocenters. The summed E-state index contributed by atoms with van der Waals surface area (Å²) in [5.74, 6) is -0.00196. The number of aryl methyl sites for hydroxylation is 1. The Morgan fingerprint density at radius 2 is 2.03 bits per heavy atom. The second-order valence-electron chi connectivity index (χ2n) is 7.92. The van der Waals surface area contributed by atoms with Gasteiger partial charge in [0, 0.05) is 44.0 Å². The molecule has 29 heavy (non-hydrogen) atoms. The summed E-state index contributed by atoms with van der Waals surface area (Å²) in [6.45, 7) is 1.92. The van der Waals surface area contributed by atoms with E-state index in [1.165, 1.54) is 12.1 Å². The van der Waals surface area contributed by atoms with Gasteiger partial charge in [0.15, 0.2) is 5.69 Å². The van der Waals surface area contributed by atoms with Crippen LogP contribution in [0.15, 0.2) is 24.3 Å². The zero-order valence-corrected chi connectivity index (χ0v) is 16.4. The SMILES string of the molecule is Cn1nc(C(=O)N2CCCC2)c2c1CCC(NCc1cccc(C(F)(F)F)c1)C2. The maximum atomic E-state index is 12.9. The molecule has 1 aromatic carbocycles. The molecule has 2 aromatic rings. The van der Waals surface area contributed by atoms with E-state index in [1.54, 1.807) is 6.07 Å².